The average molecular weight is 301 g/mol. The van der Waals surface area contributed by atoms with Crippen molar-refractivity contribution >= 4 is 5.91 Å². The molecule has 2 N–H and O–H groups in total. The number of ether oxygens (including phenoxy) is 1. The van der Waals surface area contributed by atoms with E-state index in [1.54, 1.807) is 29.2 Å². The molecule has 1 aromatic carbocycles. The van der Waals surface area contributed by atoms with Crippen molar-refractivity contribution in [3.05, 3.63) is 48.3 Å². The van der Waals surface area contributed by atoms with Crippen LogP contribution in [0.5, 0.6) is 0 Å². The van der Waals surface area contributed by atoms with Crippen LogP contribution in [-0.2, 0) is 4.74 Å². The van der Waals surface area contributed by atoms with Crippen molar-refractivity contribution in [2.24, 2.45) is 0 Å². The zero-order valence-corrected chi connectivity index (χ0v) is 12.2. The summed E-state index contributed by atoms with van der Waals surface area (Å²) in [4.78, 5) is 12.5. The number of carbonyl (C=O) groups excluding carboxylic acids is 1. The molecule has 1 aromatic heterocycles. The summed E-state index contributed by atoms with van der Waals surface area (Å²) in [5.41, 5.74) is 0.361. The summed E-state index contributed by atoms with van der Waals surface area (Å²) >= 11 is 0. The van der Waals surface area contributed by atoms with Gasteiger partial charge in [-0.05, 0) is 18.2 Å². The Labute approximate surface area is 128 Å². The van der Waals surface area contributed by atoms with E-state index in [9.17, 15) is 9.90 Å². The Morgan fingerprint density at radius 2 is 2.09 bits per heavy atom. The van der Waals surface area contributed by atoms with E-state index in [2.05, 4.69) is 10.4 Å². The highest BCUT2D eigenvalue weighted by Gasteiger charge is 2.30. The number of nitrogens with one attached hydrogen (secondary N) is 1. The van der Waals surface area contributed by atoms with Crippen LogP contribution in [0.1, 0.15) is 23.2 Å². The lowest BCUT2D eigenvalue weighted by molar-refractivity contribution is -0.0605. The molecule has 1 aliphatic heterocycles. The lowest BCUT2D eigenvalue weighted by atomic mass is 9.94. The van der Waals surface area contributed by atoms with Gasteiger partial charge in [-0.2, -0.15) is 5.10 Å². The lowest BCUT2D eigenvalue weighted by Gasteiger charge is -2.32. The molecule has 0 spiro atoms. The minimum absolute atomic E-state index is 0.217. The van der Waals surface area contributed by atoms with E-state index in [1.807, 2.05) is 18.2 Å². The van der Waals surface area contributed by atoms with Crippen molar-refractivity contribution in [1.82, 2.24) is 15.1 Å². The van der Waals surface area contributed by atoms with Crippen LogP contribution in [0, 0.1) is 0 Å². The number of nitrogens with zero attached hydrogens (tertiary/aromatic N) is 2. The number of rotatable bonds is 4. The molecule has 0 radical (unpaired) electrons. The molecule has 3 rings (SSSR count). The molecule has 0 saturated carbocycles. The van der Waals surface area contributed by atoms with Crippen LogP contribution in [0.4, 0.5) is 0 Å². The predicted molar refractivity (Wildman–Crippen MR) is 80.9 cm³/mol. The Kier molecular flexibility index (Phi) is 4.22. The summed E-state index contributed by atoms with van der Waals surface area (Å²) in [5, 5.41) is 17.4. The zero-order valence-electron chi connectivity index (χ0n) is 12.2. The first-order chi connectivity index (χ1) is 10.7. The molecule has 2 heterocycles. The minimum Gasteiger partial charge on any atom is -0.388 e. The first-order valence-electron chi connectivity index (χ1n) is 7.35. The second kappa shape index (κ2) is 6.29. The quantitative estimate of drug-likeness (QED) is 0.888. The van der Waals surface area contributed by atoms with Crippen LogP contribution in [0.15, 0.2) is 42.7 Å². The molecule has 1 aliphatic rings. The maximum Gasteiger partial charge on any atom is 0.253 e. The molecule has 2 aromatic rings. The van der Waals surface area contributed by atoms with Gasteiger partial charge in [0.2, 0.25) is 0 Å². The van der Waals surface area contributed by atoms with Gasteiger partial charge in [0.15, 0.2) is 0 Å². The highest BCUT2D eigenvalue weighted by molar-refractivity contribution is 5.97. The van der Waals surface area contributed by atoms with Crippen molar-refractivity contribution in [2.45, 2.75) is 18.4 Å². The second-order valence-electron chi connectivity index (χ2n) is 5.49. The van der Waals surface area contributed by atoms with Gasteiger partial charge >= 0.3 is 0 Å². The largest absolute Gasteiger partial charge is 0.388 e. The van der Waals surface area contributed by atoms with E-state index in [-0.39, 0.29) is 12.5 Å². The van der Waals surface area contributed by atoms with Crippen LogP contribution in [0.25, 0.3) is 5.69 Å². The Hall–Kier alpha value is -2.18. The monoisotopic (exact) mass is 301 g/mol. The Bertz CT molecular complexity index is 634. The van der Waals surface area contributed by atoms with Gasteiger partial charge in [0, 0.05) is 45.0 Å². The van der Waals surface area contributed by atoms with Gasteiger partial charge < -0.3 is 15.2 Å². The maximum atomic E-state index is 12.5. The van der Waals surface area contributed by atoms with Crippen LogP contribution < -0.4 is 5.32 Å². The van der Waals surface area contributed by atoms with Crippen molar-refractivity contribution in [1.29, 1.82) is 0 Å². The van der Waals surface area contributed by atoms with Gasteiger partial charge in [-0.3, -0.25) is 4.79 Å². The molecule has 6 heteroatoms. The van der Waals surface area contributed by atoms with Crippen LogP contribution in [0.2, 0.25) is 0 Å². The van der Waals surface area contributed by atoms with Gasteiger partial charge in [0.1, 0.15) is 0 Å². The summed E-state index contributed by atoms with van der Waals surface area (Å²) in [6.45, 7) is 1.27. The summed E-state index contributed by atoms with van der Waals surface area (Å²) < 4.78 is 6.89. The van der Waals surface area contributed by atoms with Gasteiger partial charge in [0.25, 0.3) is 5.91 Å². The topological polar surface area (TPSA) is 76.4 Å². The highest BCUT2D eigenvalue weighted by atomic mass is 16.5. The molecule has 1 fully saturated rings. The molecule has 0 unspecified atom stereocenters. The first kappa shape index (κ1) is 14.7. The number of aliphatic hydroxyl groups is 1. The number of hydrogen-bond donors (Lipinski definition) is 2. The molecule has 1 saturated heterocycles. The number of benzene rings is 1. The molecule has 22 heavy (non-hydrogen) atoms. The van der Waals surface area contributed by atoms with E-state index in [4.69, 9.17) is 4.74 Å². The number of amides is 1. The van der Waals surface area contributed by atoms with Crippen molar-refractivity contribution < 1.29 is 14.6 Å². The highest BCUT2D eigenvalue weighted by Crippen LogP contribution is 2.20. The summed E-state index contributed by atoms with van der Waals surface area (Å²) in [5.74, 6) is -0.217. The lowest BCUT2D eigenvalue weighted by Crippen LogP contribution is -2.46. The summed E-state index contributed by atoms with van der Waals surface area (Å²) in [6, 6.07) is 9.07. The fourth-order valence-electron chi connectivity index (χ4n) is 2.54. The molecule has 116 valence electrons. The smallest absolute Gasteiger partial charge is 0.253 e. The number of para-hydroxylation sites is 1. The third-order valence-electron chi connectivity index (χ3n) is 3.90. The van der Waals surface area contributed by atoms with E-state index >= 15 is 0 Å². The van der Waals surface area contributed by atoms with Gasteiger partial charge in [0.05, 0.1) is 16.9 Å². The Balaban J connectivity index is 1.73. The molecular weight excluding hydrogens is 282 g/mol. The predicted octanol–water partition coefficient (Wildman–Crippen LogP) is 1.14. The molecule has 6 nitrogen and oxygen atoms in total. The van der Waals surface area contributed by atoms with E-state index in [1.165, 1.54) is 0 Å². The van der Waals surface area contributed by atoms with Gasteiger partial charge in [-0.1, -0.05) is 12.1 Å². The molecule has 1 amide bonds. The van der Waals surface area contributed by atoms with E-state index in [0.717, 1.165) is 0 Å². The molecular formula is C16H19N3O3. The van der Waals surface area contributed by atoms with Crippen molar-refractivity contribution in [3.8, 4) is 5.69 Å². The number of carbonyl (C=O) groups is 1. The Morgan fingerprint density at radius 1 is 1.32 bits per heavy atom. The molecule has 0 aliphatic carbocycles. The van der Waals surface area contributed by atoms with Gasteiger partial charge in [-0.15, -0.1) is 0 Å². The van der Waals surface area contributed by atoms with Crippen molar-refractivity contribution in [2.75, 3.05) is 19.8 Å². The summed E-state index contributed by atoms with van der Waals surface area (Å²) in [6.07, 6.45) is 4.53. The number of aromatic nitrogens is 2. The standard InChI is InChI=1S/C16H19N3O3/c20-15(17-12-16(21)6-10-22-11-7-16)13-4-1-2-5-14(13)19-9-3-8-18-19/h1-5,8-9,21H,6-7,10-12H2,(H,17,20). The van der Waals surface area contributed by atoms with Crippen LogP contribution in [-0.4, -0.2) is 46.2 Å². The Morgan fingerprint density at radius 3 is 2.82 bits per heavy atom. The average Bonchev–Trinajstić information content (AvgIpc) is 3.08. The van der Waals surface area contributed by atoms with Gasteiger partial charge in [-0.25, -0.2) is 4.68 Å². The molecule has 0 atom stereocenters. The minimum atomic E-state index is -0.880. The SMILES string of the molecule is O=C(NCC1(O)CCOCC1)c1ccccc1-n1cccn1. The third-order valence-corrected chi connectivity index (χ3v) is 3.90. The molecule has 0 bridgehead atoms. The number of hydrogen-bond acceptors (Lipinski definition) is 4. The summed E-state index contributed by atoms with van der Waals surface area (Å²) in [7, 11) is 0. The third kappa shape index (κ3) is 3.18. The first-order valence-corrected chi connectivity index (χ1v) is 7.35. The second-order valence-corrected chi connectivity index (χ2v) is 5.49. The van der Waals surface area contributed by atoms with Crippen LogP contribution in [0.3, 0.4) is 0 Å². The van der Waals surface area contributed by atoms with Crippen LogP contribution >= 0.6 is 0 Å². The fraction of sp³-hybridized carbons (Fsp3) is 0.375. The zero-order chi connectivity index (χ0) is 15.4. The van der Waals surface area contributed by atoms with E-state index in [0.29, 0.717) is 37.3 Å². The fourth-order valence-corrected chi connectivity index (χ4v) is 2.54. The maximum absolute atomic E-state index is 12.5. The van der Waals surface area contributed by atoms with Crippen molar-refractivity contribution in [3.63, 3.8) is 0 Å². The van der Waals surface area contributed by atoms with E-state index < -0.39 is 5.60 Å². The normalized spacial score (nSPS) is 17.1.